The van der Waals surface area contributed by atoms with Crippen LogP contribution in [0.5, 0.6) is 0 Å². The number of nitrogens with zero attached hydrogens (tertiary/aromatic N) is 1. The van der Waals surface area contributed by atoms with E-state index in [-0.39, 0.29) is 27.8 Å². The van der Waals surface area contributed by atoms with Crippen LogP contribution in [-0.4, -0.2) is 47.9 Å². The van der Waals surface area contributed by atoms with E-state index in [1.54, 1.807) is 0 Å². The molecule has 1 aliphatic carbocycles. The summed E-state index contributed by atoms with van der Waals surface area (Å²) in [5, 5.41) is 8.41. The summed E-state index contributed by atoms with van der Waals surface area (Å²) in [4.78, 5) is 46.9. The lowest BCUT2D eigenvalue weighted by atomic mass is 10.00. The highest BCUT2D eigenvalue weighted by Gasteiger charge is 2.35. The van der Waals surface area contributed by atoms with Crippen molar-refractivity contribution in [3.05, 3.63) is 28.0 Å². The van der Waals surface area contributed by atoms with Gasteiger partial charge in [-0.05, 0) is 0 Å². The summed E-state index contributed by atoms with van der Waals surface area (Å²) < 4.78 is 4.81. The van der Waals surface area contributed by atoms with Gasteiger partial charge in [-0.1, -0.05) is 5.16 Å². The van der Waals surface area contributed by atoms with Gasteiger partial charge in [0, 0.05) is 32.3 Å². The molecule has 1 aromatic heterocycles. The van der Waals surface area contributed by atoms with Crippen molar-refractivity contribution < 1.29 is 23.7 Å². The van der Waals surface area contributed by atoms with Gasteiger partial charge in [0.05, 0.1) is 4.91 Å². The van der Waals surface area contributed by atoms with Crippen molar-refractivity contribution >= 4 is 35.1 Å². The van der Waals surface area contributed by atoms with Crippen LogP contribution in [0, 0.1) is 0 Å². The molecule has 0 atom stereocenters. The van der Waals surface area contributed by atoms with Crippen molar-refractivity contribution in [1.82, 2.24) is 15.8 Å². The third-order valence-electron chi connectivity index (χ3n) is 2.80. The minimum absolute atomic E-state index is 0.117. The van der Waals surface area contributed by atoms with E-state index < -0.39 is 17.5 Å². The molecule has 0 saturated carbocycles. The summed E-state index contributed by atoms with van der Waals surface area (Å²) in [6, 6.07) is 0. The molecule has 0 aliphatic heterocycles. The predicted molar refractivity (Wildman–Crippen MR) is 77.8 cm³/mol. The van der Waals surface area contributed by atoms with Gasteiger partial charge in [-0.2, -0.15) is 0 Å². The highest BCUT2D eigenvalue weighted by Crippen LogP contribution is 2.30. The molecule has 2 N–H and O–H groups in total. The second-order valence-corrected chi connectivity index (χ2v) is 5.48. The third-order valence-corrected chi connectivity index (χ3v) is 3.83. The Kier molecular flexibility index (Phi) is 4.76. The average Bonchev–Trinajstić information content (AvgIpc) is 2.93. The standard InChI is InChI=1S/C13H13N3O5S/c1-6(17)15-3-4-22-8-5-7(18)12-9(11(8)19)10(16-21-12)13(20)14-2/h5H,3-4H2,1-2H3,(H,14,20)(H,15,17). The number of amides is 2. The summed E-state index contributed by atoms with van der Waals surface area (Å²) in [6.45, 7) is 1.75. The molecule has 0 aromatic carbocycles. The zero-order chi connectivity index (χ0) is 16.3. The van der Waals surface area contributed by atoms with Crippen molar-refractivity contribution in [3.8, 4) is 0 Å². The highest BCUT2D eigenvalue weighted by atomic mass is 32.2. The van der Waals surface area contributed by atoms with E-state index in [1.165, 1.54) is 14.0 Å². The topological polar surface area (TPSA) is 118 Å². The number of allylic oxidation sites excluding steroid dienone is 2. The van der Waals surface area contributed by atoms with E-state index >= 15 is 0 Å². The second-order valence-electron chi connectivity index (χ2n) is 4.35. The smallest absolute Gasteiger partial charge is 0.274 e. The van der Waals surface area contributed by atoms with Crippen LogP contribution >= 0.6 is 11.8 Å². The number of nitrogens with one attached hydrogen (secondary N) is 2. The van der Waals surface area contributed by atoms with Crippen molar-refractivity contribution in [2.45, 2.75) is 6.92 Å². The number of hydrogen-bond acceptors (Lipinski definition) is 7. The highest BCUT2D eigenvalue weighted by molar-refractivity contribution is 8.04. The molecule has 0 fully saturated rings. The molecule has 0 saturated heterocycles. The summed E-state index contributed by atoms with van der Waals surface area (Å²) in [5.74, 6) is -1.59. The number of thioether (sulfide) groups is 1. The van der Waals surface area contributed by atoms with Gasteiger partial charge in [0.1, 0.15) is 5.56 Å². The molecule has 9 heteroatoms. The molecule has 1 aliphatic rings. The molecule has 0 bridgehead atoms. The molecule has 1 aromatic rings. The molecule has 8 nitrogen and oxygen atoms in total. The van der Waals surface area contributed by atoms with Gasteiger partial charge >= 0.3 is 0 Å². The molecule has 0 radical (unpaired) electrons. The molecule has 1 heterocycles. The molecular weight excluding hydrogens is 310 g/mol. The number of carbonyl (C=O) groups is 4. The van der Waals surface area contributed by atoms with Crippen LogP contribution in [0.15, 0.2) is 15.5 Å². The van der Waals surface area contributed by atoms with Crippen molar-refractivity contribution in [3.63, 3.8) is 0 Å². The number of hydrogen-bond donors (Lipinski definition) is 2. The van der Waals surface area contributed by atoms with Gasteiger partial charge in [-0.3, -0.25) is 19.2 Å². The van der Waals surface area contributed by atoms with Crippen molar-refractivity contribution in [1.29, 1.82) is 0 Å². The third kappa shape index (κ3) is 3.08. The molecular formula is C13H13N3O5S. The number of carbonyl (C=O) groups excluding carboxylic acids is 4. The van der Waals surface area contributed by atoms with Gasteiger partial charge in [0.2, 0.25) is 23.2 Å². The number of Topliss-reactive ketones (excluding diaryl/α,β-unsaturated/α-hetero) is 1. The Hall–Kier alpha value is -2.42. The predicted octanol–water partition coefficient (Wildman–Crippen LogP) is 0.166. The quantitative estimate of drug-likeness (QED) is 0.741. The summed E-state index contributed by atoms with van der Waals surface area (Å²) in [6.07, 6.45) is 1.15. The fourth-order valence-electron chi connectivity index (χ4n) is 1.81. The Bertz CT molecular complexity index is 692. The Balaban J connectivity index is 2.18. The summed E-state index contributed by atoms with van der Waals surface area (Å²) in [5.41, 5.74) is -0.321. The molecule has 2 rings (SSSR count). The van der Waals surface area contributed by atoms with Crippen LogP contribution < -0.4 is 10.6 Å². The van der Waals surface area contributed by atoms with Crippen LogP contribution in [0.4, 0.5) is 0 Å². The maximum absolute atomic E-state index is 12.4. The van der Waals surface area contributed by atoms with E-state index in [9.17, 15) is 19.2 Å². The van der Waals surface area contributed by atoms with Gasteiger partial charge in [0.15, 0.2) is 5.69 Å². The normalized spacial score (nSPS) is 13.5. The van der Waals surface area contributed by atoms with E-state index in [4.69, 9.17) is 4.52 Å². The molecule has 116 valence electrons. The van der Waals surface area contributed by atoms with Crippen LogP contribution in [0.25, 0.3) is 0 Å². The van der Waals surface area contributed by atoms with Crippen LogP contribution in [0.3, 0.4) is 0 Å². The fraction of sp³-hybridized carbons (Fsp3) is 0.308. The fourth-order valence-corrected chi connectivity index (χ4v) is 2.66. The van der Waals surface area contributed by atoms with Gasteiger partial charge in [-0.15, -0.1) is 11.8 Å². The lowest BCUT2D eigenvalue weighted by Gasteiger charge is -2.10. The first-order valence-electron chi connectivity index (χ1n) is 6.35. The number of aromatic nitrogens is 1. The first kappa shape index (κ1) is 16.0. The van der Waals surface area contributed by atoms with Gasteiger partial charge in [-0.25, -0.2) is 0 Å². The maximum Gasteiger partial charge on any atom is 0.274 e. The number of rotatable bonds is 5. The van der Waals surface area contributed by atoms with Crippen molar-refractivity contribution in [2.75, 3.05) is 19.3 Å². The van der Waals surface area contributed by atoms with Crippen LogP contribution in [0.2, 0.25) is 0 Å². The Labute approximate surface area is 129 Å². The SMILES string of the molecule is CNC(=O)c1noc2c1C(=O)C(SCCNC(C)=O)=CC2=O. The van der Waals surface area contributed by atoms with Crippen LogP contribution in [-0.2, 0) is 4.79 Å². The van der Waals surface area contributed by atoms with Gasteiger partial charge < -0.3 is 15.2 Å². The lowest BCUT2D eigenvalue weighted by Crippen LogP contribution is -2.24. The monoisotopic (exact) mass is 323 g/mol. The van der Waals surface area contributed by atoms with E-state index in [0.29, 0.717) is 12.3 Å². The average molecular weight is 323 g/mol. The molecule has 2 amide bonds. The van der Waals surface area contributed by atoms with E-state index in [0.717, 1.165) is 17.8 Å². The van der Waals surface area contributed by atoms with E-state index in [2.05, 4.69) is 15.8 Å². The zero-order valence-corrected chi connectivity index (χ0v) is 12.7. The second kappa shape index (κ2) is 6.56. The molecule has 22 heavy (non-hydrogen) atoms. The number of fused-ring (bicyclic) bond motifs is 1. The maximum atomic E-state index is 12.4. The lowest BCUT2D eigenvalue weighted by molar-refractivity contribution is -0.118. The van der Waals surface area contributed by atoms with Crippen molar-refractivity contribution in [2.24, 2.45) is 0 Å². The largest absolute Gasteiger partial charge is 0.356 e. The summed E-state index contributed by atoms with van der Waals surface area (Å²) in [7, 11) is 1.39. The first-order valence-corrected chi connectivity index (χ1v) is 7.34. The Morgan fingerprint density at radius 2 is 2.09 bits per heavy atom. The number of ketones is 2. The van der Waals surface area contributed by atoms with E-state index in [1.807, 2.05) is 0 Å². The Morgan fingerprint density at radius 1 is 1.36 bits per heavy atom. The summed E-state index contributed by atoms with van der Waals surface area (Å²) >= 11 is 1.12. The van der Waals surface area contributed by atoms with Gasteiger partial charge in [0.25, 0.3) is 5.91 Å². The Morgan fingerprint density at radius 3 is 2.73 bits per heavy atom. The minimum Gasteiger partial charge on any atom is -0.356 e. The first-order chi connectivity index (χ1) is 10.5. The van der Waals surface area contributed by atoms with Crippen LogP contribution in [0.1, 0.15) is 38.3 Å². The minimum atomic E-state index is -0.601. The zero-order valence-electron chi connectivity index (χ0n) is 11.9. The molecule has 0 spiro atoms. The molecule has 0 unspecified atom stereocenters.